The second-order valence-electron chi connectivity index (χ2n) is 5.15. The fraction of sp³-hybridized carbons (Fsp3) is 0.467. The number of imidazole rings is 1. The van der Waals surface area contributed by atoms with E-state index in [1.54, 1.807) is 0 Å². The Morgan fingerprint density at radius 1 is 1.37 bits per heavy atom. The lowest BCUT2D eigenvalue weighted by atomic mass is 9.92. The van der Waals surface area contributed by atoms with Gasteiger partial charge < -0.3 is 9.88 Å². The van der Waals surface area contributed by atoms with E-state index in [0.717, 1.165) is 18.8 Å². The zero-order valence-electron chi connectivity index (χ0n) is 11.3. The van der Waals surface area contributed by atoms with Gasteiger partial charge in [-0.05, 0) is 30.9 Å². The molecule has 4 nitrogen and oxygen atoms in total. The Bertz CT molecular complexity index is 547. The summed E-state index contributed by atoms with van der Waals surface area (Å²) in [7, 11) is 2.04. The van der Waals surface area contributed by atoms with Gasteiger partial charge in [-0.15, -0.1) is 0 Å². The summed E-state index contributed by atoms with van der Waals surface area (Å²) in [5, 5.41) is 3.63. The minimum Gasteiger partial charge on any atom is -0.338 e. The lowest BCUT2D eigenvalue weighted by Gasteiger charge is -2.25. The second kappa shape index (κ2) is 5.53. The van der Waals surface area contributed by atoms with Gasteiger partial charge in [0.15, 0.2) is 0 Å². The molecule has 2 aromatic heterocycles. The minimum atomic E-state index is 0.408. The van der Waals surface area contributed by atoms with E-state index in [0.29, 0.717) is 6.04 Å². The van der Waals surface area contributed by atoms with Gasteiger partial charge in [-0.3, -0.25) is 4.98 Å². The molecule has 100 valence electrons. The monoisotopic (exact) mass is 256 g/mol. The molecule has 0 fully saturated rings. The molecule has 0 saturated heterocycles. The third kappa shape index (κ3) is 2.68. The third-order valence-corrected chi connectivity index (χ3v) is 3.86. The number of rotatable bonds is 4. The number of pyridine rings is 1. The smallest absolute Gasteiger partial charge is 0.109 e. The van der Waals surface area contributed by atoms with Crippen LogP contribution in [0.2, 0.25) is 0 Å². The zero-order valence-corrected chi connectivity index (χ0v) is 11.3. The molecule has 0 aromatic carbocycles. The van der Waals surface area contributed by atoms with Crippen LogP contribution < -0.4 is 5.32 Å². The standard InChI is InChI=1S/C15H20N4/c1-19-11-10-17-14(19)7-9-16-13-6-2-4-12-5-3-8-18-15(12)13/h3,5,8,10-11,13,16H,2,4,6-7,9H2,1H3. The summed E-state index contributed by atoms with van der Waals surface area (Å²) in [6.45, 7) is 0.950. The Hall–Kier alpha value is -1.68. The molecule has 0 spiro atoms. The molecule has 2 heterocycles. The van der Waals surface area contributed by atoms with E-state index in [1.807, 2.05) is 31.7 Å². The molecule has 0 saturated carbocycles. The molecular formula is C15H20N4. The van der Waals surface area contributed by atoms with Gasteiger partial charge in [0.25, 0.3) is 0 Å². The first kappa shape index (κ1) is 12.4. The van der Waals surface area contributed by atoms with E-state index in [1.165, 1.54) is 30.5 Å². The molecule has 0 aliphatic heterocycles. The van der Waals surface area contributed by atoms with Crippen molar-refractivity contribution in [3.8, 4) is 0 Å². The predicted molar refractivity (Wildman–Crippen MR) is 74.8 cm³/mol. The van der Waals surface area contributed by atoms with Crippen molar-refractivity contribution in [1.82, 2.24) is 19.9 Å². The fourth-order valence-electron chi connectivity index (χ4n) is 2.80. The van der Waals surface area contributed by atoms with Crippen LogP contribution in [-0.4, -0.2) is 21.1 Å². The molecule has 4 heteroatoms. The van der Waals surface area contributed by atoms with Crippen molar-refractivity contribution in [2.24, 2.45) is 7.05 Å². The van der Waals surface area contributed by atoms with Gasteiger partial charge in [-0.2, -0.15) is 0 Å². The SMILES string of the molecule is Cn1ccnc1CCNC1CCCc2cccnc21. The van der Waals surface area contributed by atoms with Crippen molar-refractivity contribution >= 4 is 0 Å². The Morgan fingerprint density at radius 2 is 2.32 bits per heavy atom. The predicted octanol–water partition coefficient (Wildman–Crippen LogP) is 2.02. The molecule has 1 unspecified atom stereocenters. The minimum absolute atomic E-state index is 0.408. The van der Waals surface area contributed by atoms with Crippen molar-refractivity contribution in [1.29, 1.82) is 0 Å². The molecule has 0 radical (unpaired) electrons. The Kier molecular flexibility index (Phi) is 3.60. The van der Waals surface area contributed by atoms with Crippen molar-refractivity contribution in [2.75, 3.05) is 6.54 Å². The van der Waals surface area contributed by atoms with Crippen LogP contribution >= 0.6 is 0 Å². The third-order valence-electron chi connectivity index (χ3n) is 3.86. The summed E-state index contributed by atoms with van der Waals surface area (Å²) in [6, 6.07) is 4.65. The van der Waals surface area contributed by atoms with Crippen molar-refractivity contribution in [3.63, 3.8) is 0 Å². The molecular weight excluding hydrogens is 236 g/mol. The fourth-order valence-corrected chi connectivity index (χ4v) is 2.80. The highest BCUT2D eigenvalue weighted by Crippen LogP contribution is 2.27. The number of aryl methyl sites for hydroxylation is 2. The van der Waals surface area contributed by atoms with E-state index in [-0.39, 0.29) is 0 Å². The molecule has 0 amide bonds. The van der Waals surface area contributed by atoms with E-state index in [9.17, 15) is 0 Å². The highest BCUT2D eigenvalue weighted by molar-refractivity contribution is 5.25. The molecule has 1 aliphatic rings. The molecule has 19 heavy (non-hydrogen) atoms. The maximum atomic E-state index is 4.55. The number of hydrogen-bond acceptors (Lipinski definition) is 3. The summed E-state index contributed by atoms with van der Waals surface area (Å²) in [5.74, 6) is 1.13. The quantitative estimate of drug-likeness (QED) is 0.910. The number of aromatic nitrogens is 3. The van der Waals surface area contributed by atoms with Gasteiger partial charge in [-0.1, -0.05) is 6.07 Å². The van der Waals surface area contributed by atoms with Crippen LogP contribution in [0.4, 0.5) is 0 Å². The largest absolute Gasteiger partial charge is 0.338 e. The van der Waals surface area contributed by atoms with E-state index >= 15 is 0 Å². The maximum Gasteiger partial charge on any atom is 0.109 e. The van der Waals surface area contributed by atoms with E-state index in [4.69, 9.17) is 0 Å². The number of nitrogens with one attached hydrogen (secondary N) is 1. The first-order chi connectivity index (χ1) is 9.34. The van der Waals surface area contributed by atoms with Crippen LogP contribution in [0.1, 0.15) is 36.0 Å². The molecule has 0 bridgehead atoms. The molecule has 2 aromatic rings. The van der Waals surface area contributed by atoms with Gasteiger partial charge in [0, 0.05) is 44.6 Å². The summed E-state index contributed by atoms with van der Waals surface area (Å²) < 4.78 is 2.08. The van der Waals surface area contributed by atoms with E-state index < -0.39 is 0 Å². The Labute approximate surface area is 113 Å². The molecule has 3 rings (SSSR count). The molecule has 1 atom stereocenters. The average Bonchev–Trinajstić information content (AvgIpc) is 2.85. The van der Waals surface area contributed by atoms with Gasteiger partial charge in [0.2, 0.25) is 0 Å². The van der Waals surface area contributed by atoms with Crippen LogP contribution in [-0.2, 0) is 19.9 Å². The highest BCUT2D eigenvalue weighted by Gasteiger charge is 2.20. The average molecular weight is 256 g/mol. The van der Waals surface area contributed by atoms with Crippen molar-refractivity contribution in [2.45, 2.75) is 31.7 Å². The van der Waals surface area contributed by atoms with Crippen LogP contribution in [0.25, 0.3) is 0 Å². The van der Waals surface area contributed by atoms with Crippen LogP contribution in [0.5, 0.6) is 0 Å². The lowest BCUT2D eigenvalue weighted by molar-refractivity contribution is 0.448. The van der Waals surface area contributed by atoms with Crippen LogP contribution in [0.3, 0.4) is 0 Å². The maximum absolute atomic E-state index is 4.55. The summed E-state index contributed by atoms with van der Waals surface area (Å²) in [6.07, 6.45) is 10.3. The topological polar surface area (TPSA) is 42.7 Å². The first-order valence-corrected chi connectivity index (χ1v) is 6.98. The van der Waals surface area contributed by atoms with Gasteiger partial charge in [-0.25, -0.2) is 4.98 Å². The highest BCUT2D eigenvalue weighted by atomic mass is 15.0. The van der Waals surface area contributed by atoms with Gasteiger partial charge in [0.05, 0.1) is 5.69 Å². The summed E-state index contributed by atoms with van der Waals surface area (Å²) >= 11 is 0. The van der Waals surface area contributed by atoms with Crippen molar-refractivity contribution in [3.05, 3.63) is 47.8 Å². The van der Waals surface area contributed by atoms with Gasteiger partial charge in [0.1, 0.15) is 5.82 Å². The number of nitrogens with zero attached hydrogens (tertiary/aromatic N) is 3. The zero-order chi connectivity index (χ0) is 13.1. The lowest BCUT2D eigenvalue weighted by Crippen LogP contribution is -2.28. The van der Waals surface area contributed by atoms with Crippen LogP contribution in [0.15, 0.2) is 30.7 Å². The molecule has 1 N–H and O–H groups in total. The van der Waals surface area contributed by atoms with E-state index in [2.05, 4.69) is 25.9 Å². The Balaban J connectivity index is 1.61. The first-order valence-electron chi connectivity index (χ1n) is 6.98. The summed E-state index contributed by atoms with van der Waals surface area (Å²) in [4.78, 5) is 8.90. The van der Waals surface area contributed by atoms with Crippen molar-refractivity contribution < 1.29 is 0 Å². The summed E-state index contributed by atoms with van der Waals surface area (Å²) in [5.41, 5.74) is 2.65. The normalized spacial score (nSPS) is 18.3. The van der Waals surface area contributed by atoms with Gasteiger partial charge >= 0.3 is 0 Å². The number of hydrogen-bond donors (Lipinski definition) is 1. The van der Waals surface area contributed by atoms with Crippen LogP contribution in [0, 0.1) is 0 Å². The Morgan fingerprint density at radius 3 is 3.16 bits per heavy atom. The second-order valence-corrected chi connectivity index (χ2v) is 5.15. The number of fused-ring (bicyclic) bond motifs is 1. The molecule has 1 aliphatic carbocycles.